The number of para-hydroxylation sites is 1. The second kappa shape index (κ2) is 11.3. The Hall–Kier alpha value is -2.84. The second-order valence-corrected chi connectivity index (χ2v) is 8.93. The number of rotatable bonds is 10. The van der Waals surface area contributed by atoms with E-state index < -0.39 is 0 Å². The predicted octanol–water partition coefficient (Wildman–Crippen LogP) is 4.08. The number of carbonyl (C=O) groups is 1. The van der Waals surface area contributed by atoms with Crippen LogP contribution in [0.3, 0.4) is 0 Å². The van der Waals surface area contributed by atoms with Gasteiger partial charge in [-0.3, -0.25) is 19.8 Å². The van der Waals surface area contributed by atoms with Crippen molar-refractivity contribution in [1.29, 1.82) is 0 Å². The molecule has 1 heterocycles. The Bertz CT molecular complexity index is 968. The van der Waals surface area contributed by atoms with Crippen molar-refractivity contribution in [3.8, 4) is 0 Å². The van der Waals surface area contributed by atoms with E-state index >= 15 is 0 Å². The lowest BCUT2D eigenvalue weighted by atomic mass is 9.88. The van der Waals surface area contributed by atoms with Crippen LogP contribution in [0.15, 0.2) is 48.5 Å². The zero-order valence-electron chi connectivity index (χ0n) is 19.4. The van der Waals surface area contributed by atoms with Crippen molar-refractivity contribution in [3.63, 3.8) is 0 Å². The molecule has 1 aliphatic rings. The number of carbonyl (C=O) groups excluding carboxylic acids is 1. The molecule has 8 heteroatoms. The molecular weight excluding hydrogens is 425 g/mol. The first-order valence-corrected chi connectivity index (χ1v) is 11.3. The Balaban J connectivity index is 1.86. The Labute approximate surface area is 194 Å². The van der Waals surface area contributed by atoms with Crippen LogP contribution in [-0.4, -0.2) is 60.5 Å². The Morgan fingerprint density at radius 1 is 1.24 bits per heavy atom. The monoisotopic (exact) mass is 457 g/mol. The number of hydrogen-bond acceptors (Lipinski definition) is 5. The van der Waals surface area contributed by atoms with Gasteiger partial charge in [0, 0.05) is 63.3 Å². The van der Waals surface area contributed by atoms with E-state index in [1.807, 2.05) is 24.8 Å². The van der Waals surface area contributed by atoms with Gasteiger partial charge in [-0.15, -0.1) is 0 Å². The standard InChI is InChI=1S/C25H32FN3O4/c1-18(2)25(30)28(11-12-33-3)16-21-15-27(14-20-7-4-5-10-24(20)29(31)32)17-23(21)19-8-6-9-22(26)13-19/h4-10,13,18,21,23H,11-12,14-17H2,1-3H3/t21-,23+/m1/s1. The molecule has 0 saturated carbocycles. The van der Waals surface area contributed by atoms with Crippen LogP contribution in [0.1, 0.15) is 30.9 Å². The van der Waals surface area contributed by atoms with Gasteiger partial charge in [-0.2, -0.15) is 0 Å². The molecule has 3 rings (SSSR count). The molecular formula is C25H32FN3O4. The van der Waals surface area contributed by atoms with Crippen LogP contribution in [0.25, 0.3) is 0 Å². The van der Waals surface area contributed by atoms with E-state index in [-0.39, 0.29) is 40.1 Å². The third-order valence-electron chi connectivity index (χ3n) is 6.20. The minimum absolute atomic E-state index is 0.00785. The van der Waals surface area contributed by atoms with Gasteiger partial charge in [-0.25, -0.2) is 4.39 Å². The predicted molar refractivity (Wildman–Crippen MR) is 124 cm³/mol. The number of nitro benzene ring substituents is 1. The number of nitro groups is 1. The van der Waals surface area contributed by atoms with E-state index in [4.69, 9.17) is 4.74 Å². The minimum Gasteiger partial charge on any atom is -0.383 e. The zero-order valence-corrected chi connectivity index (χ0v) is 19.4. The molecule has 2 atom stereocenters. The summed E-state index contributed by atoms with van der Waals surface area (Å²) in [4.78, 5) is 27.9. The fraction of sp³-hybridized carbons (Fsp3) is 0.480. The molecule has 33 heavy (non-hydrogen) atoms. The summed E-state index contributed by atoms with van der Waals surface area (Å²) in [6.07, 6.45) is 0. The van der Waals surface area contributed by atoms with Crippen LogP contribution in [0, 0.1) is 27.8 Å². The maximum Gasteiger partial charge on any atom is 0.273 e. The van der Waals surface area contributed by atoms with Crippen LogP contribution in [0.4, 0.5) is 10.1 Å². The van der Waals surface area contributed by atoms with Gasteiger partial charge in [-0.05, 0) is 23.6 Å². The van der Waals surface area contributed by atoms with Crippen LogP contribution in [0.2, 0.25) is 0 Å². The summed E-state index contributed by atoms with van der Waals surface area (Å²) >= 11 is 0. The Morgan fingerprint density at radius 2 is 2.00 bits per heavy atom. The lowest BCUT2D eigenvalue weighted by Crippen LogP contribution is -2.41. The SMILES string of the molecule is COCCN(C[C@H]1CN(Cc2ccccc2[N+](=O)[O-])C[C@H]1c1cccc(F)c1)C(=O)C(C)C. The summed E-state index contributed by atoms with van der Waals surface area (Å²) in [5, 5.41) is 11.5. The molecule has 0 radical (unpaired) electrons. The molecule has 1 amide bonds. The summed E-state index contributed by atoms with van der Waals surface area (Å²) in [7, 11) is 1.61. The van der Waals surface area contributed by atoms with Gasteiger partial charge in [-0.1, -0.05) is 44.2 Å². The summed E-state index contributed by atoms with van der Waals surface area (Å²) in [5.41, 5.74) is 1.63. The third kappa shape index (κ3) is 6.36. The molecule has 2 aromatic carbocycles. The first-order chi connectivity index (χ1) is 15.8. The number of nitrogens with zero attached hydrogens (tertiary/aromatic N) is 3. The molecule has 1 saturated heterocycles. The number of benzene rings is 2. The highest BCUT2D eigenvalue weighted by Crippen LogP contribution is 2.35. The lowest BCUT2D eigenvalue weighted by Gasteiger charge is -2.29. The normalized spacial score (nSPS) is 18.6. The molecule has 1 aliphatic heterocycles. The highest BCUT2D eigenvalue weighted by Gasteiger charge is 2.36. The van der Waals surface area contributed by atoms with Crippen LogP contribution in [-0.2, 0) is 16.1 Å². The van der Waals surface area contributed by atoms with E-state index in [0.29, 0.717) is 44.9 Å². The Kier molecular flexibility index (Phi) is 8.52. The molecule has 0 aromatic heterocycles. The van der Waals surface area contributed by atoms with Crippen molar-refractivity contribution in [2.75, 3.05) is 39.9 Å². The van der Waals surface area contributed by atoms with Crippen molar-refractivity contribution in [3.05, 3.63) is 75.6 Å². The fourth-order valence-electron chi connectivity index (χ4n) is 4.59. The number of halogens is 1. The molecule has 1 fully saturated rings. The molecule has 7 nitrogen and oxygen atoms in total. The van der Waals surface area contributed by atoms with Crippen molar-refractivity contribution in [1.82, 2.24) is 9.80 Å². The molecule has 0 aliphatic carbocycles. The van der Waals surface area contributed by atoms with E-state index in [0.717, 1.165) is 5.56 Å². The van der Waals surface area contributed by atoms with Crippen molar-refractivity contribution in [2.45, 2.75) is 26.3 Å². The number of methoxy groups -OCH3 is 1. The van der Waals surface area contributed by atoms with Crippen LogP contribution < -0.4 is 0 Å². The maximum atomic E-state index is 14.0. The number of likely N-dealkylation sites (tertiary alicyclic amines) is 1. The highest BCUT2D eigenvalue weighted by atomic mass is 19.1. The summed E-state index contributed by atoms with van der Waals surface area (Å²) in [6, 6.07) is 13.3. The van der Waals surface area contributed by atoms with Gasteiger partial charge >= 0.3 is 0 Å². The highest BCUT2D eigenvalue weighted by molar-refractivity contribution is 5.78. The van der Waals surface area contributed by atoms with Crippen molar-refractivity contribution in [2.24, 2.45) is 11.8 Å². The Morgan fingerprint density at radius 3 is 2.67 bits per heavy atom. The van der Waals surface area contributed by atoms with Gasteiger partial charge in [0.25, 0.3) is 5.69 Å². The maximum absolute atomic E-state index is 14.0. The van der Waals surface area contributed by atoms with E-state index in [9.17, 15) is 19.3 Å². The largest absolute Gasteiger partial charge is 0.383 e. The zero-order chi connectivity index (χ0) is 24.0. The van der Waals surface area contributed by atoms with Gasteiger partial charge in [0.1, 0.15) is 5.82 Å². The average molecular weight is 458 g/mol. The first-order valence-electron chi connectivity index (χ1n) is 11.3. The quantitative estimate of drug-likeness (QED) is 0.397. The molecule has 0 spiro atoms. The number of ether oxygens (including phenoxy) is 1. The molecule has 2 aromatic rings. The van der Waals surface area contributed by atoms with E-state index in [1.54, 1.807) is 37.4 Å². The van der Waals surface area contributed by atoms with E-state index in [1.165, 1.54) is 12.1 Å². The smallest absolute Gasteiger partial charge is 0.273 e. The minimum atomic E-state index is -0.360. The average Bonchev–Trinajstić information content (AvgIpc) is 3.18. The fourth-order valence-corrected chi connectivity index (χ4v) is 4.59. The summed E-state index contributed by atoms with van der Waals surface area (Å²) in [6.45, 7) is 6.92. The van der Waals surface area contributed by atoms with Gasteiger partial charge in [0.05, 0.1) is 11.5 Å². The first kappa shape index (κ1) is 24.8. The number of amides is 1. The molecule has 0 bridgehead atoms. The van der Waals surface area contributed by atoms with Crippen LogP contribution >= 0.6 is 0 Å². The number of hydrogen-bond donors (Lipinski definition) is 0. The van der Waals surface area contributed by atoms with Gasteiger partial charge in [0.2, 0.25) is 5.91 Å². The summed E-state index contributed by atoms with van der Waals surface area (Å²) in [5.74, 6) is -0.304. The molecule has 0 unspecified atom stereocenters. The molecule has 0 N–H and O–H groups in total. The second-order valence-electron chi connectivity index (χ2n) is 8.93. The lowest BCUT2D eigenvalue weighted by molar-refractivity contribution is -0.385. The van der Waals surface area contributed by atoms with Crippen LogP contribution in [0.5, 0.6) is 0 Å². The molecule has 178 valence electrons. The topological polar surface area (TPSA) is 75.9 Å². The third-order valence-corrected chi connectivity index (χ3v) is 6.20. The van der Waals surface area contributed by atoms with Crippen molar-refractivity contribution < 1.29 is 18.8 Å². The van der Waals surface area contributed by atoms with Gasteiger partial charge < -0.3 is 9.64 Å². The van der Waals surface area contributed by atoms with E-state index in [2.05, 4.69) is 4.90 Å². The van der Waals surface area contributed by atoms with Crippen molar-refractivity contribution >= 4 is 11.6 Å². The van der Waals surface area contributed by atoms with Gasteiger partial charge in [0.15, 0.2) is 0 Å². The summed E-state index contributed by atoms with van der Waals surface area (Å²) < 4.78 is 19.2.